The maximum atomic E-state index is 13.6. The van der Waals surface area contributed by atoms with Crippen molar-refractivity contribution in [1.29, 1.82) is 0 Å². The van der Waals surface area contributed by atoms with Gasteiger partial charge in [-0.1, -0.05) is 35.1 Å². The van der Waals surface area contributed by atoms with Crippen LogP contribution in [-0.4, -0.2) is 31.4 Å². The van der Waals surface area contributed by atoms with Gasteiger partial charge in [-0.15, -0.1) is 0 Å². The molecule has 3 aromatic rings. The van der Waals surface area contributed by atoms with Gasteiger partial charge in [0.25, 0.3) is 5.56 Å². The van der Waals surface area contributed by atoms with Crippen LogP contribution in [0.3, 0.4) is 0 Å². The highest BCUT2D eigenvalue weighted by Crippen LogP contribution is 2.31. The monoisotopic (exact) mass is 498 g/mol. The molecular weight excluding hydrogens is 476 g/mol. The van der Waals surface area contributed by atoms with Crippen molar-refractivity contribution in [3.8, 4) is 11.5 Å². The Bertz CT molecular complexity index is 1450. The lowest BCUT2D eigenvalue weighted by atomic mass is 9.96. The quantitative estimate of drug-likeness (QED) is 0.486. The van der Waals surface area contributed by atoms with Gasteiger partial charge in [0.1, 0.15) is 11.5 Å². The molecule has 7 nitrogen and oxygen atoms in total. The second-order valence-electron chi connectivity index (χ2n) is 7.46. The van der Waals surface area contributed by atoms with Crippen molar-refractivity contribution < 1.29 is 19.0 Å². The maximum Gasteiger partial charge on any atom is 0.338 e. The minimum Gasteiger partial charge on any atom is -0.497 e. The molecule has 9 heteroatoms. The average molecular weight is 499 g/mol. The van der Waals surface area contributed by atoms with Gasteiger partial charge in [0.15, 0.2) is 4.80 Å². The summed E-state index contributed by atoms with van der Waals surface area (Å²) in [4.78, 5) is 31.6. The summed E-state index contributed by atoms with van der Waals surface area (Å²) in [6.45, 7) is 3.70. The number of ether oxygens (including phenoxy) is 3. The molecular formula is C25H23ClN2O5S. The van der Waals surface area contributed by atoms with E-state index in [1.165, 1.54) is 15.9 Å². The third kappa shape index (κ3) is 4.38. The first-order chi connectivity index (χ1) is 16.4. The molecule has 4 rings (SSSR count). The number of hydrogen-bond acceptors (Lipinski definition) is 7. The Morgan fingerprint density at radius 3 is 2.56 bits per heavy atom. The van der Waals surface area contributed by atoms with Crippen LogP contribution in [0.15, 0.2) is 63.5 Å². The molecule has 1 aromatic heterocycles. The Hall–Kier alpha value is -3.36. The van der Waals surface area contributed by atoms with Gasteiger partial charge in [0, 0.05) is 16.7 Å². The van der Waals surface area contributed by atoms with Gasteiger partial charge in [-0.2, -0.15) is 0 Å². The van der Waals surface area contributed by atoms with Crippen molar-refractivity contribution in [2.45, 2.75) is 19.9 Å². The molecule has 0 N–H and O–H groups in total. The summed E-state index contributed by atoms with van der Waals surface area (Å²) in [5, 5.41) is 0.557. The molecule has 0 radical (unpaired) electrons. The zero-order chi connectivity index (χ0) is 24.4. The fraction of sp³-hybridized carbons (Fsp3) is 0.240. The molecule has 2 aromatic carbocycles. The molecule has 0 saturated carbocycles. The minimum absolute atomic E-state index is 0.213. The molecule has 1 aliphatic heterocycles. The van der Waals surface area contributed by atoms with E-state index in [4.69, 9.17) is 25.8 Å². The van der Waals surface area contributed by atoms with Crippen molar-refractivity contribution in [2.75, 3.05) is 20.8 Å². The summed E-state index contributed by atoms with van der Waals surface area (Å²) in [5.41, 5.74) is 2.02. The number of esters is 1. The number of methoxy groups -OCH3 is 2. The Labute approximate surface area is 205 Å². The molecule has 1 unspecified atom stereocenters. The van der Waals surface area contributed by atoms with Crippen LogP contribution in [0, 0.1) is 0 Å². The van der Waals surface area contributed by atoms with E-state index >= 15 is 0 Å². The summed E-state index contributed by atoms with van der Waals surface area (Å²) in [6.07, 6.45) is 1.75. The van der Waals surface area contributed by atoms with E-state index in [-0.39, 0.29) is 12.2 Å². The number of nitrogens with zero attached hydrogens (tertiary/aromatic N) is 2. The molecule has 0 spiro atoms. The standard InChI is InChI=1S/C25H23ClN2O5S/c1-5-33-24(30)21-14(2)27-25-28(22(21)15-6-9-17(26)10-7-15)23(29)20(34-25)12-16-8-11-18(31-3)13-19(16)32-4/h6-13,22H,5H2,1-4H3/b20-12+. The molecule has 0 saturated heterocycles. The van der Waals surface area contributed by atoms with Crippen molar-refractivity contribution >= 4 is 35.0 Å². The zero-order valence-corrected chi connectivity index (χ0v) is 20.7. The summed E-state index contributed by atoms with van der Waals surface area (Å²) in [7, 11) is 3.13. The van der Waals surface area contributed by atoms with Gasteiger partial charge < -0.3 is 14.2 Å². The van der Waals surface area contributed by atoms with Crippen LogP contribution < -0.4 is 24.4 Å². The second kappa shape index (κ2) is 9.87. The van der Waals surface area contributed by atoms with Crippen LogP contribution >= 0.6 is 22.9 Å². The van der Waals surface area contributed by atoms with Crippen LogP contribution in [-0.2, 0) is 9.53 Å². The van der Waals surface area contributed by atoms with Crippen molar-refractivity contribution in [3.63, 3.8) is 0 Å². The van der Waals surface area contributed by atoms with Crippen molar-refractivity contribution in [3.05, 3.63) is 89.6 Å². The smallest absolute Gasteiger partial charge is 0.338 e. The molecule has 0 fully saturated rings. The van der Waals surface area contributed by atoms with Gasteiger partial charge in [-0.25, -0.2) is 9.79 Å². The third-order valence-electron chi connectivity index (χ3n) is 5.43. The van der Waals surface area contributed by atoms with E-state index in [2.05, 4.69) is 4.99 Å². The Balaban J connectivity index is 1.94. The summed E-state index contributed by atoms with van der Waals surface area (Å²) in [6, 6.07) is 11.7. The number of aromatic nitrogens is 1. The highest BCUT2D eigenvalue weighted by molar-refractivity contribution is 7.07. The number of carbonyl (C=O) groups is 1. The van der Waals surface area contributed by atoms with Crippen LogP contribution in [0.5, 0.6) is 11.5 Å². The van der Waals surface area contributed by atoms with Crippen LogP contribution in [0.2, 0.25) is 5.02 Å². The van der Waals surface area contributed by atoms with E-state index in [0.717, 1.165) is 11.1 Å². The topological polar surface area (TPSA) is 79.1 Å². The van der Waals surface area contributed by atoms with Crippen LogP contribution in [0.4, 0.5) is 0 Å². The molecule has 1 aliphatic rings. The van der Waals surface area contributed by atoms with Gasteiger partial charge >= 0.3 is 5.97 Å². The van der Waals surface area contributed by atoms with E-state index in [1.54, 1.807) is 70.5 Å². The number of benzene rings is 2. The average Bonchev–Trinajstić information content (AvgIpc) is 3.13. The highest BCUT2D eigenvalue weighted by atomic mass is 35.5. The molecule has 0 amide bonds. The number of halogens is 1. The third-order valence-corrected chi connectivity index (χ3v) is 6.66. The van der Waals surface area contributed by atoms with Crippen molar-refractivity contribution in [2.24, 2.45) is 4.99 Å². The van der Waals surface area contributed by atoms with E-state index in [9.17, 15) is 9.59 Å². The number of rotatable bonds is 6. The molecule has 0 aliphatic carbocycles. The zero-order valence-electron chi connectivity index (χ0n) is 19.1. The lowest BCUT2D eigenvalue weighted by Gasteiger charge is -2.24. The number of carbonyl (C=O) groups excluding carboxylic acids is 1. The Morgan fingerprint density at radius 2 is 1.91 bits per heavy atom. The molecule has 1 atom stereocenters. The predicted octanol–water partition coefficient (Wildman–Crippen LogP) is 3.47. The number of hydrogen-bond donors (Lipinski definition) is 0. The highest BCUT2D eigenvalue weighted by Gasteiger charge is 2.33. The SMILES string of the molecule is CCOC(=O)C1=C(C)N=c2s/c(=C/c3ccc(OC)cc3OC)c(=O)n2C1c1ccc(Cl)cc1. The fourth-order valence-corrected chi connectivity index (χ4v) is 4.99. The Kier molecular flexibility index (Phi) is 6.90. The summed E-state index contributed by atoms with van der Waals surface area (Å²) >= 11 is 7.34. The first kappa shape index (κ1) is 23.8. The summed E-state index contributed by atoms with van der Waals surface area (Å²) < 4.78 is 18.0. The predicted molar refractivity (Wildman–Crippen MR) is 131 cm³/mol. The second-order valence-corrected chi connectivity index (χ2v) is 8.91. The van der Waals surface area contributed by atoms with Gasteiger partial charge in [0.2, 0.25) is 0 Å². The lowest BCUT2D eigenvalue weighted by Crippen LogP contribution is -2.39. The van der Waals surface area contributed by atoms with Crippen LogP contribution in [0.1, 0.15) is 31.0 Å². The first-order valence-electron chi connectivity index (χ1n) is 10.5. The molecule has 34 heavy (non-hydrogen) atoms. The van der Waals surface area contributed by atoms with E-state index < -0.39 is 12.0 Å². The lowest BCUT2D eigenvalue weighted by molar-refractivity contribution is -0.139. The molecule has 0 bridgehead atoms. The number of thiazole rings is 1. The minimum atomic E-state index is -0.688. The largest absolute Gasteiger partial charge is 0.497 e. The van der Waals surface area contributed by atoms with Crippen LogP contribution in [0.25, 0.3) is 6.08 Å². The van der Waals surface area contributed by atoms with Gasteiger partial charge in [-0.05, 0) is 49.8 Å². The molecule has 2 heterocycles. The normalized spacial score (nSPS) is 15.6. The summed E-state index contributed by atoms with van der Waals surface area (Å²) in [5.74, 6) is 0.713. The fourth-order valence-electron chi connectivity index (χ4n) is 3.83. The van der Waals surface area contributed by atoms with Gasteiger partial charge in [0.05, 0.1) is 42.7 Å². The number of fused-ring (bicyclic) bond motifs is 1. The Morgan fingerprint density at radius 1 is 1.18 bits per heavy atom. The molecule has 176 valence electrons. The maximum absolute atomic E-state index is 13.6. The number of allylic oxidation sites excluding steroid dienone is 1. The van der Waals surface area contributed by atoms with Crippen molar-refractivity contribution in [1.82, 2.24) is 4.57 Å². The van der Waals surface area contributed by atoms with E-state index in [1.807, 2.05) is 6.07 Å². The van der Waals surface area contributed by atoms with Gasteiger partial charge in [-0.3, -0.25) is 9.36 Å². The first-order valence-corrected chi connectivity index (χ1v) is 11.7. The van der Waals surface area contributed by atoms with E-state index in [0.29, 0.717) is 37.1 Å².